The maximum atomic E-state index is 11.0. The molecule has 0 fully saturated rings. The van der Waals surface area contributed by atoms with Crippen LogP contribution in [0.3, 0.4) is 0 Å². The standard InChI is InChI=1S/C19H25O2.3CH3.Sn/c1-15(9-6-5-7-11-18(20)21)12-13-17-16(2)10-8-14-19(17,3)4;;;;/h5-6,9,11-13H,8,10,14H2,1-4H3,(H,20,21);3*1H3;/b6-5+,11-7?,13-12+,15-9+;;;;. The molecular weight excluding hydrogens is 415 g/mol. The van der Waals surface area contributed by atoms with Crippen molar-refractivity contribution in [3.8, 4) is 0 Å². The third kappa shape index (κ3) is 7.39. The Morgan fingerprint density at radius 2 is 1.84 bits per heavy atom. The normalized spacial score (nSPS) is 20.0. The summed E-state index contributed by atoms with van der Waals surface area (Å²) in [5.74, 6) is -0.853. The Balaban J connectivity index is 2.93. The molecule has 1 rings (SSSR count). The van der Waals surface area contributed by atoms with Gasteiger partial charge in [-0.25, -0.2) is 0 Å². The van der Waals surface area contributed by atoms with E-state index >= 15 is 0 Å². The summed E-state index contributed by atoms with van der Waals surface area (Å²) in [5.41, 5.74) is 4.40. The second-order valence-electron chi connectivity index (χ2n) is 8.72. The average molecular weight is 449 g/mol. The van der Waals surface area contributed by atoms with E-state index < -0.39 is 24.3 Å². The van der Waals surface area contributed by atoms with Crippen molar-refractivity contribution < 1.29 is 9.90 Å². The van der Waals surface area contributed by atoms with Crippen molar-refractivity contribution in [2.45, 2.75) is 61.8 Å². The van der Waals surface area contributed by atoms with Crippen LogP contribution in [-0.4, -0.2) is 29.5 Å². The zero-order valence-corrected chi connectivity index (χ0v) is 19.8. The van der Waals surface area contributed by atoms with E-state index in [1.54, 1.807) is 0 Å². The van der Waals surface area contributed by atoms with Gasteiger partial charge >= 0.3 is 158 Å². The summed E-state index contributed by atoms with van der Waals surface area (Å²) in [4.78, 5) is 17.7. The summed E-state index contributed by atoms with van der Waals surface area (Å²) in [6.07, 6.45) is 15.6. The molecule has 0 atom stereocenters. The molecule has 2 nitrogen and oxygen atoms in total. The number of hydrogen-bond donors (Lipinski definition) is 1. The molecule has 1 aliphatic carbocycles. The predicted molar refractivity (Wildman–Crippen MR) is 111 cm³/mol. The first kappa shape index (κ1) is 22.0. The molecule has 0 aliphatic heterocycles. The molecule has 1 aliphatic rings. The molecule has 0 amide bonds. The zero-order valence-electron chi connectivity index (χ0n) is 16.9. The van der Waals surface area contributed by atoms with Crippen LogP contribution in [-0.2, 0) is 4.79 Å². The maximum absolute atomic E-state index is 11.0. The summed E-state index contributed by atoms with van der Waals surface area (Å²) < 4.78 is 1.02. The quantitative estimate of drug-likeness (QED) is 0.287. The molecule has 138 valence electrons. The van der Waals surface area contributed by atoms with Gasteiger partial charge in [0.2, 0.25) is 0 Å². The van der Waals surface area contributed by atoms with Gasteiger partial charge in [-0.15, -0.1) is 0 Å². The van der Waals surface area contributed by atoms with Gasteiger partial charge < -0.3 is 0 Å². The third-order valence-electron chi connectivity index (χ3n) is 4.84. The minimum absolute atomic E-state index is 0.257. The van der Waals surface area contributed by atoms with Gasteiger partial charge in [0.05, 0.1) is 0 Å². The van der Waals surface area contributed by atoms with E-state index in [9.17, 15) is 4.79 Å². The van der Waals surface area contributed by atoms with Gasteiger partial charge in [-0.2, -0.15) is 0 Å². The Hall–Kier alpha value is -1.03. The summed E-state index contributed by atoms with van der Waals surface area (Å²) in [6.45, 7) is 8.99. The molecule has 3 heteroatoms. The van der Waals surface area contributed by atoms with Crippen molar-refractivity contribution in [2.24, 2.45) is 5.41 Å². The number of aliphatic carboxylic acids is 1. The van der Waals surface area contributed by atoms with Crippen LogP contribution in [0, 0.1) is 5.41 Å². The van der Waals surface area contributed by atoms with E-state index in [2.05, 4.69) is 60.7 Å². The van der Waals surface area contributed by atoms with Crippen LogP contribution in [0.15, 0.2) is 56.8 Å². The first-order valence-corrected chi connectivity index (χ1v) is 19.1. The predicted octanol–water partition coefficient (Wildman–Crippen LogP) is 6.46. The number of carboxylic acid groups (broad SMARTS) is 1. The fraction of sp³-hybridized carbons (Fsp3) is 0.500. The van der Waals surface area contributed by atoms with Crippen LogP contribution < -0.4 is 0 Å². The Morgan fingerprint density at radius 1 is 1.20 bits per heavy atom. The molecule has 0 bridgehead atoms. The number of rotatable bonds is 6. The van der Waals surface area contributed by atoms with Crippen LogP contribution in [0.4, 0.5) is 0 Å². The molecule has 0 aromatic rings. The third-order valence-corrected chi connectivity index (χ3v) is 10.7. The Kier molecular flexibility index (Phi) is 7.98. The van der Waals surface area contributed by atoms with Crippen molar-refractivity contribution in [3.63, 3.8) is 0 Å². The average Bonchev–Trinajstić information content (AvgIpc) is 2.43. The van der Waals surface area contributed by atoms with Crippen molar-refractivity contribution in [2.75, 3.05) is 0 Å². The molecule has 0 aromatic heterocycles. The summed E-state index contributed by atoms with van der Waals surface area (Å²) in [5, 5.41) is 9.05. The first-order chi connectivity index (χ1) is 11.4. The molecule has 0 saturated heterocycles. The molecular formula is C22H34O2Sn. The molecule has 0 heterocycles. The summed E-state index contributed by atoms with van der Waals surface area (Å²) in [7, 11) is 0. The van der Waals surface area contributed by atoms with E-state index in [-0.39, 0.29) is 5.41 Å². The molecule has 25 heavy (non-hydrogen) atoms. The van der Waals surface area contributed by atoms with E-state index in [4.69, 9.17) is 5.11 Å². The van der Waals surface area contributed by atoms with Gasteiger partial charge in [0.25, 0.3) is 0 Å². The van der Waals surface area contributed by atoms with Gasteiger partial charge in [0.1, 0.15) is 0 Å². The van der Waals surface area contributed by atoms with Crippen LogP contribution in [0.1, 0.15) is 47.0 Å². The van der Waals surface area contributed by atoms with Crippen molar-refractivity contribution in [1.82, 2.24) is 0 Å². The zero-order chi connectivity index (χ0) is 19.3. The topological polar surface area (TPSA) is 37.3 Å². The fourth-order valence-electron chi connectivity index (χ4n) is 3.23. The van der Waals surface area contributed by atoms with Crippen LogP contribution in [0.2, 0.25) is 14.8 Å². The molecule has 0 aromatic carbocycles. The monoisotopic (exact) mass is 450 g/mol. The van der Waals surface area contributed by atoms with Crippen molar-refractivity contribution in [1.29, 1.82) is 0 Å². The SMILES string of the molecule is CC1=C(/C=C/C(C)=C/C=C/[C](=C/C(=O)O)[Sn]([CH3])([CH3])[CH3])C(C)(C)CCC1. The van der Waals surface area contributed by atoms with Gasteiger partial charge in [0, 0.05) is 0 Å². The molecule has 0 unspecified atom stereocenters. The Labute approximate surface area is 158 Å². The number of hydrogen-bond acceptors (Lipinski definition) is 1. The van der Waals surface area contributed by atoms with Crippen LogP contribution in [0.25, 0.3) is 0 Å². The molecule has 0 saturated carbocycles. The Bertz CT molecular complexity index is 650. The van der Waals surface area contributed by atoms with E-state index in [0.717, 1.165) is 3.59 Å². The molecule has 0 spiro atoms. The fourth-order valence-corrected chi connectivity index (χ4v) is 6.52. The first-order valence-electron chi connectivity index (χ1n) is 9.12. The second kappa shape index (κ2) is 9.07. The number of carbonyl (C=O) groups is 1. The minimum atomic E-state index is -2.40. The van der Waals surface area contributed by atoms with Crippen molar-refractivity contribution in [3.05, 3.63) is 56.8 Å². The number of allylic oxidation sites excluding steroid dienone is 9. The van der Waals surface area contributed by atoms with Gasteiger partial charge in [-0.05, 0) is 0 Å². The molecule has 1 N–H and O–H groups in total. The Morgan fingerprint density at radius 3 is 2.36 bits per heavy atom. The van der Waals surface area contributed by atoms with Gasteiger partial charge in [0.15, 0.2) is 0 Å². The van der Waals surface area contributed by atoms with E-state index in [0.29, 0.717) is 0 Å². The summed E-state index contributed by atoms with van der Waals surface area (Å²) >= 11 is -2.40. The van der Waals surface area contributed by atoms with E-state index in [1.165, 1.54) is 42.1 Å². The van der Waals surface area contributed by atoms with Crippen LogP contribution in [0.5, 0.6) is 0 Å². The summed E-state index contributed by atoms with van der Waals surface area (Å²) in [6, 6.07) is 0. The van der Waals surface area contributed by atoms with E-state index in [1.807, 2.05) is 12.2 Å². The van der Waals surface area contributed by atoms with Crippen LogP contribution >= 0.6 is 0 Å². The van der Waals surface area contributed by atoms with Crippen molar-refractivity contribution >= 4 is 24.3 Å². The number of carboxylic acids is 1. The molecule has 0 radical (unpaired) electrons. The van der Waals surface area contributed by atoms with Gasteiger partial charge in [-0.3, -0.25) is 0 Å². The second-order valence-corrected chi connectivity index (χ2v) is 23.2. The van der Waals surface area contributed by atoms with Gasteiger partial charge in [-0.1, -0.05) is 0 Å².